The maximum absolute atomic E-state index is 12.2. The number of nitrogens with two attached hydrogens (primary N) is 1. The van der Waals surface area contributed by atoms with Gasteiger partial charge < -0.3 is 15.2 Å². The Balaban J connectivity index is 3.34. The number of esters is 1. The van der Waals surface area contributed by atoms with Crippen LogP contribution < -0.4 is 10.5 Å². The molecule has 0 fully saturated rings. The van der Waals surface area contributed by atoms with E-state index in [9.17, 15) is 18.0 Å². The topological polar surface area (TPSA) is 74.4 Å². The van der Waals surface area contributed by atoms with Crippen molar-refractivity contribution in [2.75, 3.05) is 7.11 Å². The van der Waals surface area contributed by atoms with Crippen LogP contribution in [-0.2, 0) is 11.3 Å². The van der Waals surface area contributed by atoms with E-state index >= 15 is 0 Å². The highest BCUT2D eigenvalue weighted by atomic mass is 19.4. The van der Waals surface area contributed by atoms with Crippen molar-refractivity contribution in [1.29, 1.82) is 0 Å². The van der Waals surface area contributed by atoms with Gasteiger partial charge in [0.25, 0.3) is 0 Å². The Bertz CT molecular complexity index is 460. The van der Waals surface area contributed by atoms with Gasteiger partial charge in [-0.25, -0.2) is 4.79 Å². The summed E-state index contributed by atoms with van der Waals surface area (Å²) < 4.78 is 44.9. The van der Waals surface area contributed by atoms with Crippen molar-refractivity contribution in [3.63, 3.8) is 0 Å². The van der Waals surface area contributed by atoms with Crippen molar-refractivity contribution in [3.05, 3.63) is 23.0 Å². The minimum atomic E-state index is -4.91. The second kappa shape index (κ2) is 5.21. The normalized spacial score (nSPS) is 11.2. The molecule has 18 heavy (non-hydrogen) atoms. The molecule has 0 saturated carbocycles. The van der Waals surface area contributed by atoms with E-state index in [2.05, 4.69) is 14.5 Å². The summed E-state index contributed by atoms with van der Waals surface area (Å²) in [5, 5.41) is 0. The van der Waals surface area contributed by atoms with Crippen LogP contribution in [0.2, 0.25) is 0 Å². The maximum Gasteiger partial charge on any atom is 0.573 e. The van der Waals surface area contributed by atoms with Crippen molar-refractivity contribution in [2.45, 2.75) is 19.8 Å². The quantitative estimate of drug-likeness (QED) is 0.838. The Morgan fingerprint density at radius 1 is 1.50 bits per heavy atom. The second-order valence-corrected chi connectivity index (χ2v) is 3.32. The first-order valence-electron chi connectivity index (χ1n) is 4.83. The van der Waals surface area contributed by atoms with Crippen molar-refractivity contribution < 1.29 is 27.4 Å². The average molecular weight is 264 g/mol. The van der Waals surface area contributed by atoms with E-state index in [0.29, 0.717) is 0 Å². The number of hydrogen-bond acceptors (Lipinski definition) is 5. The van der Waals surface area contributed by atoms with E-state index in [1.54, 1.807) is 0 Å². The molecule has 8 heteroatoms. The molecule has 5 nitrogen and oxygen atoms in total. The molecule has 1 aromatic rings. The number of hydrogen-bond donors (Lipinski definition) is 1. The Morgan fingerprint density at radius 3 is 2.56 bits per heavy atom. The zero-order valence-corrected chi connectivity index (χ0v) is 9.67. The van der Waals surface area contributed by atoms with Crippen molar-refractivity contribution in [3.8, 4) is 5.75 Å². The van der Waals surface area contributed by atoms with Crippen LogP contribution in [0.3, 0.4) is 0 Å². The molecule has 1 heterocycles. The lowest BCUT2D eigenvalue weighted by atomic mass is 10.1. The average Bonchev–Trinajstić information content (AvgIpc) is 2.25. The monoisotopic (exact) mass is 264 g/mol. The van der Waals surface area contributed by atoms with Gasteiger partial charge in [0.05, 0.1) is 18.5 Å². The number of halogens is 3. The smallest absolute Gasteiger partial charge is 0.465 e. The first kappa shape index (κ1) is 14.2. The molecule has 0 aliphatic carbocycles. The third kappa shape index (κ3) is 3.33. The van der Waals surface area contributed by atoms with Crippen LogP contribution in [0.4, 0.5) is 13.2 Å². The first-order valence-corrected chi connectivity index (χ1v) is 4.83. The van der Waals surface area contributed by atoms with Gasteiger partial charge in [-0.1, -0.05) is 0 Å². The number of nitrogens with zero attached hydrogens (tertiary/aromatic N) is 1. The Hall–Kier alpha value is -1.83. The van der Waals surface area contributed by atoms with E-state index in [-0.39, 0.29) is 23.5 Å². The van der Waals surface area contributed by atoms with Crippen LogP contribution in [0.5, 0.6) is 5.75 Å². The number of ether oxygens (including phenoxy) is 2. The van der Waals surface area contributed by atoms with Gasteiger partial charge in [-0.3, -0.25) is 4.98 Å². The molecule has 0 spiro atoms. The van der Waals surface area contributed by atoms with Crippen molar-refractivity contribution >= 4 is 5.97 Å². The number of aromatic nitrogens is 1. The highest BCUT2D eigenvalue weighted by Gasteiger charge is 2.34. The van der Waals surface area contributed by atoms with Crippen molar-refractivity contribution in [1.82, 2.24) is 4.98 Å². The minimum absolute atomic E-state index is 0.0593. The van der Waals surface area contributed by atoms with Gasteiger partial charge in [0, 0.05) is 12.6 Å². The summed E-state index contributed by atoms with van der Waals surface area (Å²) in [7, 11) is 1.05. The lowest BCUT2D eigenvalue weighted by Crippen LogP contribution is -2.21. The fraction of sp³-hybridized carbons (Fsp3) is 0.400. The number of alkyl halides is 3. The van der Waals surface area contributed by atoms with Crippen LogP contribution in [0.1, 0.15) is 21.7 Å². The van der Waals surface area contributed by atoms with Gasteiger partial charge in [-0.05, 0) is 6.92 Å². The van der Waals surface area contributed by atoms with Crippen LogP contribution in [-0.4, -0.2) is 24.4 Å². The van der Waals surface area contributed by atoms with E-state index < -0.39 is 18.1 Å². The number of methoxy groups -OCH3 is 1. The van der Waals surface area contributed by atoms with Gasteiger partial charge in [0.2, 0.25) is 0 Å². The molecule has 0 aliphatic rings. The van der Waals surface area contributed by atoms with E-state index in [4.69, 9.17) is 5.73 Å². The Morgan fingerprint density at radius 2 is 2.11 bits per heavy atom. The molecule has 2 N–H and O–H groups in total. The van der Waals surface area contributed by atoms with Gasteiger partial charge in [-0.15, -0.1) is 13.2 Å². The number of aryl methyl sites for hydroxylation is 1. The van der Waals surface area contributed by atoms with Gasteiger partial charge >= 0.3 is 12.3 Å². The molecule has 1 aromatic heterocycles. The second-order valence-electron chi connectivity index (χ2n) is 3.32. The minimum Gasteiger partial charge on any atom is -0.465 e. The molecule has 0 atom stereocenters. The third-order valence-corrected chi connectivity index (χ3v) is 2.04. The zero-order valence-electron chi connectivity index (χ0n) is 9.67. The fourth-order valence-corrected chi connectivity index (χ4v) is 1.37. The summed E-state index contributed by atoms with van der Waals surface area (Å²) in [6, 6.07) is 0.965. The summed E-state index contributed by atoms with van der Waals surface area (Å²) in [6.45, 7) is 1.30. The summed E-state index contributed by atoms with van der Waals surface area (Å²) >= 11 is 0. The predicted octanol–water partition coefficient (Wildman–Crippen LogP) is 1.53. The molecule has 0 bridgehead atoms. The van der Waals surface area contributed by atoms with Crippen LogP contribution >= 0.6 is 0 Å². The lowest BCUT2D eigenvalue weighted by Gasteiger charge is -2.14. The summed E-state index contributed by atoms with van der Waals surface area (Å²) in [4.78, 5) is 15.3. The van der Waals surface area contributed by atoms with Gasteiger partial charge in [0.15, 0.2) is 0 Å². The van der Waals surface area contributed by atoms with Gasteiger partial charge in [-0.2, -0.15) is 0 Å². The van der Waals surface area contributed by atoms with E-state index in [1.165, 1.54) is 6.92 Å². The maximum atomic E-state index is 12.2. The number of carbonyl (C=O) groups excluding carboxylic acids is 1. The largest absolute Gasteiger partial charge is 0.573 e. The molecule has 0 radical (unpaired) electrons. The van der Waals surface area contributed by atoms with Crippen molar-refractivity contribution in [2.24, 2.45) is 5.73 Å². The zero-order chi connectivity index (χ0) is 13.9. The lowest BCUT2D eigenvalue weighted by molar-refractivity contribution is -0.274. The molecule has 0 aliphatic heterocycles. The summed E-state index contributed by atoms with van der Waals surface area (Å²) in [6.07, 6.45) is -4.91. The van der Waals surface area contributed by atoms with Crippen LogP contribution in [0, 0.1) is 6.92 Å². The number of rotatable bonds is 3. The molecule has 0 amide bonds. The standard InChI is InChI=1S/C10H11F3N2O3/c1-5-8(9(16)17-2)7(18-10(11,12)13)3-6(4-14)15-5/h3H,4,14H2,1-2H3. The number of pyridine rings is 1. The molecule has 100 valence electrons. The van der Waals surface area contributed by atoms with Crippen LogP contribution in [0.25, 0.3) is 0 Å². The molecule has 0 saturated heterocycles. The van der Waals surface area contributed by atoms with Crippen LogP contribution in [0.15, 0.2) is 6.07 Å². The summed E-state index contributed by atoms with van der Waals surface area (Å²) in [5.41, 5.74) is 5.17. The summed E-state index contributed by atoms with van der Waals surface area (Å²) in [5.74, 6) is -1.62. The highest BCUT2D eigenvalue weighted by molar-refractivity contribution is 5.93. The number of carbonyl (C=O) groups is 1. The Labute approximate surface area is 101 Å². The Kier molecular flexibility index (Phi) is 4.12. The van der Waals surface area contributed by atoms with E-state index in [0.717, 1.165) is 13.2 Å². The first-order chi connectivity index (χ1) is 8.28. The van der Waals surface area contributed by atoms with Gasteiger partial charge in [0.1, 0.15) is 11.3 Å². The molecule has 1 rings (SSSR count). The SMILES string of the molecule is COC(=O)c1c(OC(F)(F)F)cc(CN)nc1C. The van der Waals surface area contributed by atoms with E-state index in [1.807, 2.05) is 0 Å². The molecular formula is C10H11F3N2O3. The molecule has 0 unspecified atom stereocenters. The molecule has 0 aromatic carbocycles. The molecular weight excluding hydrogens is 253 g/mol. The highest BCUT2D eigenvalue weighted by Crippen LogP contribution is 2.29. The predicted molar refractivity (Wildman–Crippen MR) is 54.9 cm³/mol. The fourth-order valence-electron chi connectivity index (χ4n) is 1.37. The third-order valence-electron chi connectivity index (χ3n) is 2.04.